The average Bonchev–Trinajstić information content (AvgIpc) is 2.16. The van der Waals surface area contributed by atoms with Crippen LogP contribution >= 0.6 is 0 Å². The van der Waals surface area contributed by atoms with Crippen LogP contribution in [0.15, 0.2) is 18.2 Å². The summed E-state index contributed by atoms with van der Waals surface area (Å²) in [6, 6.07) is 2.91. The Hall–Kier alpha value is -1.78. The minimum Gasteiger partial charge on any atom is -0.478 e. The van der Waals surface area contributed by atoms with Crippen LogP contribution in [0.1, 0.15) is 32.7 Å². The molecule has 14 heavy (non-hydrogen) atoms. The summed E-state index contributed by atoms with van der Waals surface area (Å²) in [6.07, 6.45) is -2.56. The van der Waals surface area contributed by atoms with Gasteiger partial charge in [0.25, 0.3) is 6.43 Å². The number of carboxylic acid groups (broad SMARTS) is 1. The molecule has 0 bridgehead atoms. The Bertz CT molecular complexity index is 374. The van der Waals surface area contributed by atoms with Crippen molar-refractivity contribution in [1.82, 2.24) is 0 Å². The van der Waals surface area contributed by atoms with Gasteiger partial charge in [-0.3, -0.25) is 4.79 Å². The molecule has 1 N–H and O–H groups in total. The van der Waals surface area contributed by atoms with Gasteiger partial charge in [0.2, 0.25) is 0 Å². The molecular formula is C9H6F2O3. The maximum absolute atomic E-state index is 12.2. The van der Waals surface area contributed by atoms with Gasteiger partial charge in [0.05, 0.1) is 5.56 Å². The molecule has 0 aliphatic heterocycles. The SMILES string of the molecule is O=Cc1cc(C(=O)O)ccc1C(F)F. The van der Waals surface area contributed by atoms with Gasteiger partial charge in [-0.25, -0.2) is 13.6 Å². The zero-order valence-electron chi connectivity index (χ0n) is 6.91. The molecule has 74 valence electrons. The highest BCUT2D eigenvalue weighted by Crippen LogP contribution is 2.22. The second kappa shape index (κ2) is 3.95. The van der Waals surface area contributed by atoms with E-state index in [9.17, 15) is 18.4 Å². The minimum atomic E-state index is -2.78. The Morgan fingerprint density at radius 1 is 1.43 bits per heavy atom. The first-order chi connectivity index (χ1) is 6.56. The van der Waals surface area contributed by atoms with Crippen LogP contribution in [0.25, 0.3) is 0 Å². The van der Waals surface area contributed by atoms with Crippen molar-refractivity contribution in [3.63, 3.8) is 0 Å². The molecule has 0 aliphatic carbocycles. The van der Waals surface area contributed by atoms with Crippen molar-refractivity contribution in [3.05, 3.63) is 34.9 Å². The van der Waals surface area contributed by atoms with Gasteiger partial charge in [-0.05, 0) is 12.1 Å². The van der Waals surface area contributed by atoms with Gasteiger partial charge in [-0.2, -0.15) is 0 Å². The Kier molecular flexibility index (Phi) is 2.91. The maximum atomic E-state index is 12.2. The van der Waals surface area contributed by atoms with Crippen molar-refractivity contribution in [2.45, 2.75) is 6.43 Å². The molecule has 0 saturated heterocycles. The molecule has 3 nitrogen and oxygen atoms in total. The Balaban J connectivity index is 3.25. The molecule has 1 aromatic rings. The predicted octanol–water partition coefficient (Wildman–Crippen LogP) is 2.13. The second-order valence-electron chi connectivity index (χ2n) is 2.57. The monoisotopic (exact) mass is 200 g/mol. The number of aldehydes is 1. The van der Waals surface area contributed by atoms with Gasteiger partial charge in [-0.1, -0.05) is 6.07 Å². The van der Waals surface area contributed by atoms with E-state index in [0.29, 0.717) is 0 Å². The topological polar surface area (TPSA) is 54.4 Å². The van der Waals surface area contributed by atoms with Gasteiger partial charge in [0, 0.05) is 11.1 Å². The van der Waals surface area contributed by atoms with Crippen LogP contribution < -0.4 is 0 Å². The first-order valence-electron chi connectivity index (χ1n) is 3.67. The lowest BCUT2D eigenvalue weighted by Crippen LogP contribution is -2.00. The van der Waals surface area contributed by atoms with E-state index in [1.807, 2.05) is 0 Å². The van der Waals surface area contributed by atoms with Crippen molar-refractivity contribution in [1.29, 1.82) is 0 Å². The third-order valence-electron chi connectivity index (χ3n) is 1.70. The number of hydrogen-bond acceptors (Lipinski definition) is 2. The van der Waals surface area contributed by atoms with E-state index in [4.69, 9.17) is 5.11 Å². The van der Waals surface area contributed by atoms with Gasteiger partial charge in [-0.15, -0.1) is 0 Å². The van der Waals surface area contributed by atoms with Crippen LogP contribution in [-0.2, 0) is 0 Å². The molecule has 5 heteroatoms. The summed E-state index contributed by atoms with van der Waals surface area (Å²) in [5.74, 6) is -1.26. The van der Waals surface area contributed by atoms with Crippen molar-refractivity contribution in [2.24, 2.45) is 0 Å². The minimum absolute atomic E-state index is 0.184. The number of halogens is 2. The summed E-state index contributed by atoms with van der Waals surface area (Å²) in [4.78, 5) is 20.8. The Morgan fingerprint density at radius 3 is 2.50 bits per heavy atom. The van der Waals surface area contributed by atoms with E-state index >= 15 is 0 Å². The van der Waals surface area contributed by atoms with Crippen LogP contribution in [0.5, 0.6) is 0 Å². The van der Waals surface area contributed by atoms with E-state index in [-0.39, 0.29) is 17.4 Å². The molecular weight excluding hydrogens is 194 g/mol. The van der Waals surface area contributed by atoms with Crippen molar-refractivity contribution in [3.8, 4) is 0 Å². The van der Waals surface area contributed by atoms with Gasteiger partial charge >= 0.3 is 5.97 Å². The number of carbonyl (C=O) groups is 2. The smallest absolute Gasteiger partial charge is 0.335 e. The van der Waals surface area contributed by atoms with Crippen LogP contribution in [0.4, 0.5) is 8.78 Å². The van der Waals surface area contributed by atoms with Gasteiger partial charge < -0.3 is 5.11 Å². The normalized spacial score (nSPS) is 10.2. The summed E-state index contributed by atoms with van der Waals surface area (Å²) < 4.78 is 24.5. The fourth-order valence-electron chi connectivity index (χ4n) is 1.01. The summed E-state index contributed by atoms with van der Waals surface area (Å²) in [5.41, 5.74) is -0.929. The van der Waals surface area contributed by atoms with E-state index in [1.165, 1.54) is 0 Å². The number of benzene rings is 1. The first kappa shape index (κ1) is 10.3. The maximum Gasteiger partial charge on any atom is 0.335 e. The van der Waals surface area contributed by atoms with Crippen LogP contribution in [0, 0.1) is 0 Å². The number of carboxylic acids is 1. The van der Waals surface area contributed by atoms with Gasteiger partial charge in [0.1, 0.15) is 0 Å². The van der Waals surface area contributed by atoms with Crippen molar-refractivity contribution in [2.75, 3.05) is 0 Å². The Morgan fingerprint density at radius 2 is 2.07 bits per heavy atom. The lowest BCUT2D eigenvalue weighted by Gasteiger charge is -2.03. The number of carbonyl (C=O) groups excluding carboxylic acids is 1. The standard InChI is InChI=1S/C9H6F2O3/c10-8(11)7-2-1-5(9(13)14)3-6(7)4-12/h1-4,8H,(H,13,14). The van der Waals surface area contributed by atoms with E-state index in [1.54, 1.807) is 0 Å². The molecule has 0 unspecified atom stereocenters. The molecule has 1 aromatic carbocycles. The lowest BCUT2D eigenvalue weighted by molar-refractivity contribution is 0.0696. The Labute approximate surface area is 78.0 Å². The summed E-state index contributed by atoms with van der Waals surface area (Å²) in [5, 5.41) is 8.53. The molecule has 0 heterocycles. The van der Waals surface area contributed by atoms with E-state index in [2.05, 4.69) is 0 Å². The van der Waals surface area contributed by atoms with Gasteiger partial charge in [0.15, 0.2) is 6.29 Å². The van der Waals surface area contributed by atoms with E-state index < -0.39 is 18.0 Å². The second-order valence-corrected chi connectivity index (χ2v) is 2.57. The quantitative estimate of drug-likeness (QED) is 0.760. The molecule has 0 radical (unpaired) electrons. The fraction of sp³-hybridized carbons (Fsp3) is 0.111. The molecule has 0 saturated carbocycles. The third kappa shape index (κ3) is 1.93. The highest BCUT2D eigenvalue weighted by atomic mass is 19.3. The fourth-order valence-corrected chi connectivity index (χ4v) is 1.01. The molecule has 0 atom stereocenters. The molecule has 0 aromatic heterocycles. The van der Waals surface area contributed by atoms with E-state index in [0.717, 1.165) is 18.2 Å². The number of aromatic carboxylic acids is 1. The summed E-state index contributed by atoms with van der Waals surface area (Å²) in [7, 11) is 0. The highest BCUT2D eigenvalue weighted by molar-refractivity contribution is 5.90. The number of hydrogen-bond donors (Lipinski definition) is 1. The number of alkyl halides is 2. The van der Waals surface area contributed by atoms with Crippen molar-refractivity contribution < 1.29 is 23.5 Å². The zero-order valence-corrected chi connectivity index (χ0v) is 6.91. The first-order valence-corrected chi connectivity index (χ1v) is 3.67. The highest BCUT2D eigenvalue weighted by Gasteiger charge is 2.14. The largest absolute Gasteiger partial charge is 0.478 e. The molecule has 0 aliphatic rings. The molecule has 1 rings (SSSR count). The van der Waals surface area contributed by atoms with Crippen LogP contribution in [-0.4, -0.2) is 17.4 Å². The number of rotatable bonds is 3. The third-order valence-corrected chi connectivity index (χ3v) is 1.70. The lowest BCUT2D eigenvalue weighted by atomic mass is 10.1. The molecule has 0 spiro atoms. The predicted molar refractivity (Wildman–Crippen MR) is 43.7 cm³/mol. The molecule has 0 fully saturated rings. The zero-order chi connectivity index (χ0) is 10.7. The van der Waals surface area contributed by atoms with Crippen LogP contribution in [0.3, 0.4) is 0 Å². The average molecular weight is 200 g/mol. The summed E-state index contributed by atoms with van der Waals surface area (Å²) >= 11 is 0. The van der Waals surface area contributed by atoms with Crippen LogP contribution in [0.2, 0.25) is 0 Å². The summed E-state index contributed by atoms with van der Waals surface area (Å²) in [6.45, 7) is 0. The van der Waals surface area contributed by atoms with Crippen molar-refractivity contribution >= 4 is 12.3 Å². The molecule has 0 amide bonds.